The van der Waals surface area contributed by atoms with Crippen molar-refractivity contribution in [3.05, 3.63) is 48.5 Å². The number of rotatable bonds is 12. The fourth-order valence-corrected chi connectivity index (χ4v) is 5.68. The van der Waals surface area contributed by atoms with Crippen LogP contribution in [0.2, 0.25) is 0 Å². The number of hydrogen-bond acceptors (Lipinski definition) is 7. The molecule has 0 spiro atoms. The van der Waals surface area contributed by atoms with Crippen molar-refractivity contribution in [1.82, 2.24) is 9.62 Å². The summed E-state index contributed by atoms with van der Waals surface area (Å²) in [6, 6.07) is 12.7. The van der Waals surface area contributed by atoms with E-state index in [1.807, 2.05) is 6.92 Å². The second-order valence-electron chi connectivity index (χ2n) is 8.46. The number of carbonyl (C=O) groups excluding carboxylic acids is 1. The summed E-state index contributed by atoms with van der Waals surface area (Å²) in [4.78, 5) is 12.8. The van der Waals surface area contributed by atoms with Crippen LogP contribution in [0.3, 0.4) is 0 Å². The third-order valence-electron chi connectivity index (χ3n) is 5.84. The van der Waals surface area contributed by atoms with Gasteiger partial charge in [0.15, 0.2) is 6.10 Å². The lowest BCUT2D eigenvalue weighted by atomic mass is 10.2. The van der Waals surface area contributed by atoms with Crippen molar-refractivity contribution in [2.45, 2.75) is 37.2 Å². The summed E-state index contributed by atoms with van der Waals surface area (Å²) < 4.78 is 62.5. The number of hydrogen-bond donors (Lipinski definition) is 1. The molecule has 1 atom stereocenters. The van der Waals surface area contributed by atoms with Crippen molar-refractivity contribution in [1.29, 1.82) is 0 Å². The molecule has 1 amide bonds. The molecule has 36 heavy (non-hydrogen) atoms. The first kappa shape index (κ1) is 27.8. The standard InChI is InChI=1S/C24H33N3O7S2/c1-4-23(34-21-9-7-19(8-10-21)26(2)35(3,29)30)24(28)25-15-18-33-20-11-13-22(14-12-20)36(31,32)27-16-5-6-17-27/h7-14,23H,4-6,15-18H2,1-3H3,(H,25,28)/t23-/m1/s1. The topological polar surface area (TPSA) is 122 Å². The number of nitrogens with one attached hydrogen (secondary N) is 1. The van der Waals surface area contributed by atoms with Crippen LogP contribution in [0.4, 0.5) is 5.69 Å². The number of carbonyl (C=O) groups is 1. The molecule has 2 aromatic rings. The minimum atomic E-state index is -3.47. The summed E-state index contributed by atoms with van der Waals surface area (Å²) in [7, 11) is -5.37. The Bertz CT molecular complexity index is 1230. The normalized spacial score (nSPS) is 15.3. The van der Waals surface area contributed by atoms with Gasteiger partial charge in [-0.15, -0.1) is 0 Å². The second kappa shape index (κ2) is 11.9. The minimum Gasteiger partial charge on any atom is -0.492 e. The van der Waals surface area contributed by atoms with Gasteiger partial charge in [-0.1, -0.05) is 6.92 Å². The van der Waals surface area contributed by atoms with Crippen LogP contribution in [-0.2, 0) is 24.8 Å². The molecule has 0 aliphatic carbocycles. The van der Waals surface area contributed by atoms with E-state index >= 15 is 0 Å². The number of amides is 1. The molecule has 0 radical (unpaired) electrons. The second-order valence-corrected chi connectivity index (χ2v) is 12.4. The fourth-order valence-electron chi connectivity index (χ4n) is 3.65. The molecular weight excluding hydrogens is 506 g/mol. The Hall–Kier alpha value is -2.83. The SMILES string of the molecule is CC[C@@H](Oc1ccc(N(C)S(C)(=O)=O)cc1)C(=O)NCCOc1ccc(S(=O)(=O)N2CCCC2)cc1. The van der Waals surface area contributed by atoms with Crippen LogP contribution in [-0.4, -0.2) is 72.7 Å². The molecule has 1 aliphatic heterocycles. The van der Waals surface area contributed by atoms with E-state index < -0.39 is 26.2 Å². The molecule has 0 saturated carbocycles. The predicted octanol–water partition coefficient (Wildman–Crippen LogP) is 2.22. The zero-order valence-electron chi connectivity index (χ0n) is 20.7. The van der Waals surface area contributed by atoms with Gasteiger partial charge < -0.3 is 14.8 Å². The summed E-state index contributed by atoms with van der Waals surface area (Å²) in [5.74, 6) is 0.653. The van der Waals surface area contributed by atoms with Crippen LogP contribution in [0.1, 0.15) is 26.2 Å². The molecule has 198 valence electrons. The summed E-state index contributed by atoms with van der Waals surface area (Å²) in [5, 5.41) is 2.77. The Morgan fingerprint density at radius 2 is 1.58 bits per heavy atom. The molecule has 3 rings (SSSR count). The highest BCUT2D eigenvalue weighted by atomic mass is 32.2. The third kappa shape index (κ3) is 7.11. The van der Waals surface area contributed by atoms with E-state index in [0.29, 0.717) is 36.7 Å². The largest absolute Gasteiger partial charge is 0.492 e. The van der Waals surface area contributed by atoms with Gasteiger partial charge in [0.05, 0.1) is 23.4 Å². The summed E-state index contributed by atoms with van der Waals surface area (Å²) in [5.41, 5.74) is 0.487. The number of anilines is 1. The van der Waals surface area contributed by atoms with E-state index in [-0.39, 0.29) is 24.0 Å². The average molecular weight is 540 g/mol. The molecular formula is C24H33N3O7S2. The van der Waals surface area contributed by atoms with Crippen LogP contribution >= 0.6 is 0 Å². The molecule has 0 unspecified atom stereocenters. The first-order valence-electron chi connectivity index (χ1n) is 11.7. The van der Waals surface area contributed by atoms with Crippen LogP contribution in [0.25, 0.3) is 0 Å². The summed E-state index contributed by atoms with van der Waals surface area (Å²) >= 11 is 0. The lowest BCUT2D eigenvalue weighted by Gasteiger charge is -2.19. The number of sulfonamides is 2. The molecule has 1 saturated heterocycles. The summed E-state index contributed by atoms with van der Waals surface area (Å²) in [6.07, 6.45) is 2.59. The van der Waals surface area contributed by atoms with Crippen LogP contribution < -0.4 is 19.1 Å². The van der Waals surface area contributed by atoms with Gasteiger partial charge in [0.1, 0.15) is 18.1 Å². The number of nitrogens with zero attached hydrogens (tertiary/aromatic N) is 2. The molecule has 12 heteroatoms. The molecule has 10 nitrogen and oxygen atoms in total. The Balaban J connectivity index is 1.45. The molecule has 2 aromatic carbocycles. The van der Waals surface area contributed by atoms with Gasteiger partial charge in [-0.3, -0.25) is 9.10 Å². The van der Waals surface area contributed by atoms with Crippen LogP contribution in [0.15, 0.2) is 53.4 Å². The predicted molar refractivity (Wildman–Crippen MR) is 137 cm³/mol. The Morgan fingerprint density at radius 1 is 1.00 bits per heavy atom. The highest BCUT2D eigenvalue weighted by Gasteiger charge is 2.27. The maximum atomic E-state index is 12.6. The van der Waals surface area contributed by atoms with Crippen molar-refractivity contribution >= 4 is 31.6 Å². The van der Waals surface area contributed by atoms with Gasteiger partial charge in [0.25, 0.3) is 5.91 Å². The van der Waals surface area contributed by atoms with Gasteiger partial charge in [-0.05, 0) is 67.8 Å². The van der Waals surface area contributed by atoms with E-state index in [4.69, 9.17) is 9.47 Å². The highest BCUT2D eigenvalue weighted by Crippen LogP contribution is 2.23. The Morgan fingerprint density at radius 3 is 2.14 bits per heavy atom. The zero-order chi connectivity index (χ0) is 26.3. The van der Waals surface area contributed by atoms with Crippen LogP contribution in [0.5, 0.6) is 11.5 Å². The molecule has 0 bridgehead atoms. The zero-order valence-corrected chi connectivity index (χ0v) is 22.3. The quantitative estimate of drug-likeness (QED) is 0.411. The van der Waals surface area contributed by atoms with E-state index in [2.05, 4.69) is 5.32 Å². The third-order valence-corrected chi connectivity index (χ3v) is 8.95. The van der Waals surface area contributed by atoms with E-state index in [1.54, 1.807) is 36.4 Å². The van der Waals surface area contributed by atoms with Crippen molar-refractivity contribution in [3.63, 3.8) is 0 Å². The smallest absolute Gasteiger partial charge is 0.261 e. The average Bonchev–Trinajstić information content (AvgIpc) is 3.41. The van der Waals surface area contributed by atoms with Gasteiger partial charge >= 0.3 is 0 Å². The monoisotopic (exact) mass is 539 g/mol. The molecule has 1 aliphatic rings. The lowest BCUT2D eigenvalue weighted by molar-refractivity contribution is -0.128. The van der Waals surface area contributed by atoms with Crippen molar-refractivity contribution < 1.29 is 31.1 Å². The molecule has 1 N–H and O–H groups in total. The molecule has 1 heterocycles. The first-order valence-corrected chi connectivity index (χ1v) is 15.0. The maximum absolute atomic E-state index is 12.6. The molecule has 0 aromatic heterocycles. The highest BCUT2D eigenvalue weighted by molar-refractivity contribution is 7.92. The van der Waals surface area contributed by atoms with Crippen molar-refractivity contribution in [2.24, 2.45) is 0 Å². The van der Waals surface area contributed by atoms with Crippen LogP contribution in [0, 0.1) is 0 Å². The van der Waals surface area contributed by atoms with Gasteiger partial charge in [-0.25, -0.2) is 16.8 Å². The van der Waals surface area contributed by atoms with Gasteiger partial charge in [0.2, 0.25) is 20.0 Å². The van der Waals surface area contributed by atoms with E-state index in [1.165, 1.54) is 23.5 Å². The first-order chi connectivity index (χ1) is 17.0. The Kier molecular flexibility index (Phi) is 9.20. The number of ether oxygens (including phenoxy) is 2. The van der Waals surface area contributed by atoms with Gasteiger partial charge in [0, 0.05) is 20.1 Å². The van der Waals surface area contributed by atoms with E-state index in [9.17, 15) is 21.6 Å². The Labute approximate surface area is 213 Å². The van der Waals surface area contributed by atoms with E-state index in [0.717, 1.165) is 23.4 Å². The summed E-state index contributed by atoms with van der Waals surface area (Å²) in [6.45, 7) is 3.37. The maximum Gasteiger partial charge on any atom is 0.261 e. The molecule has 1 fully saturated rings. The fraction of sp³-hybridized carbons (Fsp3) is 0.458. The van der Waals surface area contributed by atoms with Crippen molar-refractivity contribution in [2.75, 3.05) is 43.8 Å². The van der Waals surface area contributed by atoms with Gasteiger partial charge in [-0.2, -0.15) is 4.31 Å². The number of benzene rings is 2. The lowest BCUT2D eigenvalue weighted by Crippen LogP contribution is -2.39. The van der Waals surface area contributed by atoms with Crippen molar-refractivity contribution in [3.8, 4) is 11.5 Å². The minimum absolute atomic E-state index is 0.201.